The lowest BCUT2D eigenvalue weighted by atomic mass is 10.1. The Morgan fingerprint density at radius 3 is 1.26 bits per heavy atom. The number of carboxylic acids is 4. The first-order valence-corrected chi connectivity index (χ1v) is 15.8. The Kier molecular flexibility index (Phi) is 17.0. The third-order valence-electron chi connectivity index (χ3n) is 7.31. The van der Waals surface area contributed by atoms with Crippen LogP contribution in [0.4, 0.5) is 0 Å². The van der Waals surface area contributed by atoms with Crippen LogP contribution >= 0.6 is 0 Å². The third kappa shape index (κ3) is 14.4. The second-order valence-electron chi connectivity index (χ2n) is 11.9. The molecule has 0 saturated heterocycles. The maximum absolute atomic E-state index is 9.10. The molecule has 2 aromatic carbocycles. The van der Waals surface area contributed by atoms with E-state index >= 15 is 0 Å². The highest BCUT2D eigenvalue weighted by Gasteiger charge is 2.08. The summed E-state index contributed by atoms with van der Waals surface area (Å²) in [5, 5.41) is 40.5. The molecular weight excluding hydrogens is 692 g/mol. The summed E-state index contributed by atoms with van der Waals surface area (Å²) in [7, 11) is 8.41. The van der Waals surface area contributed by atoms with Gasteiger partial charge in [0.25, 0.3) is 0 Å². The molecule has 0 saturated carbocycles. The second-order valence-corrected chi connectivity index (χ2v) is 11.9. The van der Waals surface area contributed by atoms with Gasteiger partial charge in [-0.25, -0.2) is 38.5 Å². The van der Waals surface area contributed by atoms with Crippen LogP contribution in [-0.2, 0) is 45.1 Å². The molecule has 0 aliphatic rings. The van der Waals surface area contributed by atoms with Gasteiger partial charge in [0.1, 0.15) is 25.3 Å². The van der Waals surface area contributed by atoms with Crippen molar-refractivity contribution in [2.45, 2.75) is 25.9 Å². The Labute approximate surface area is 303 Å². The van der Waals surface area contributed by atoms with Crippen molar-refractivity contribution in [2.75, 3.05) is 41.3 Å². The van der Waals surface area contributed by atoms with Crippen LogP contribution in [0.15, 0.2) is 74.1 Å². The van der Waals surface area contributed by atoms with Gasteiger partial charge in [-0.05, 0) is 87.6 Å². The minimum atomic E-state index is -1.82. The summed E-state index contributed by atoms with van der Waals surface area (Å²) < 4.78 is 3.68. The average Bonchev–Trinajstić information content (AvgIpc) is 3.92. The van der Waals surface area contributed by atoms with Gasteiger partial charge in [-0.2, -0.15) is 10.2 Å². The van der Waals surface area contributed by atoms with Crippen molar-refractivity contribution in [3.8, 4) is 0 Å². The van der Waals surface area contributed by atoms with E-state index in [1.165, 1.54) is 44.1 Å². The van der Waals surface area contributed by atoms with Gasteiger partial charge in [0, 0.05) is 47.3 Å². The number of likely N-dealkylation sites (N-methyl/N-ethyl adjacent to an activating group) is 2. The van der Waals surface area contributed by atoms with Crippen molar-refractivity contribution in [2.24, 2.45) is 0 Å². The largest absolute Gasteiger partial charge is 0.473 e. The Morgan fingerprint density at radius 2 is 0.981 bits per heavy atom. The Morgan fingerprint density at radius 1 is 0.623 bits per heavy atom. The molecule has 0 unspecified atom stereocenters. The number of aromatic nitrogens is 8. The van der Waals surface area contributed by atoms with Crippen LogP contribution in [0.2, 0.25) is 0 Å². The minimum absolute atomic E-state index is 0. The van der Waals surface area contributed by atoms with Crippen molar-refractivity contribution in [1.29, 1.82) is 0 Å². The van der Waals surface area contributed by atoms with Crippen molar-refractivity contribution in [3.63, 3.8) is 0 Å². The molecule has 0 fully saturated rings. The van der Waals surface area contributed by atoms with Crippen LogP contribution in [0.3, 0.4) is 0 Å². The van der Waals surface area contributed by atoms with Gasteiger partial charge in [-0.1, -0.05) is 12.1 Å². The summed E-state index contributed by atoms with van der Waals surface area (Å²) in [6, 6.07) is 13.0. The van der Waals surface area contributed by atoms with Crippen LogP contribution in [0, 0.1) is 0 Å². The van der Waals surface area contributed by atoms with Crippen molar-refractivity contribution < 1.29 is 45.1 Å². The molecule has 0 aliphatic heterocycles. The predicted molar refractivity (Wildman–Crippen MR) is 194 cm³/mol. The van der Waals surface area contributed by atoms with Gasteiger partial charge in [-0.15, -0.1) is 0 Å². The molecule has 6 rings (SSSR count). The molecule has 0 radical (unpaired) electrons. The number of carboxylic acid groups (broad SMARTS) is 4. The van der Waals surface area contributed by atoms with Gasteiger partial charge in [-0.3, -0.25) is 0 Å². The summed E-state index contributed by atoms with van der Waals surface area (Å²) in [6.07, 6.45) is 13.0. The van der Waals surface area contributed by atoms with Crippen LogP contribution < -0.4 is 0 Å². The highest BCUT2D eigenvalue weighted by Crippen LogP contribution is 2.22. The molecule has 0 aliphatic carbocycles. The number of hydrogen-bond donors (Lipinski definition) is 6. The molecule has 8 N–H and O–H groups in total. The van der Waals surface area contributed by atoms with E-state index in [9.17, 15) is 0 Å². The zero-order chi connectivity index (χ0) is 38.2. The first-order valence-electron chi connectivity index (χ1n) is 15.8. The lowest BCUT2D eigenvalue weighted by molar-refractivity contribution is -0.159. The lowest BCUT2D eigenvalue weighted by Crippen LogP contribution is -2.14. The second kappa shape index (κ2) is 21.0. The van der Waals surface area contributed by atoms with Crippen molar-refractivity contribution >= 4 is 45.7 Å². The smallest absolute Gasteiger partial charge is 0.414 e. The number of aromatic amines is 2. The van der Waals surface area contributed by atoms with E-state index in [1.54, 1.807) is 25.3 Å². The normalized spacial score (nSPS) is 10.4. The summed E-state index contributed by atoms with van der Waals surface area (Å²) in [6.45, 7) is 3.63. The number of H-pyrrole nitrogens is 2. The maximum atomic E-state index is 9.10. The molecule has 4 heterocycles. The number of benzene rings is 2. The molecule has 0 amide bonds. The average molecular weight is 737 g/mol. The minimum Gasteiger partial charge on any atom is -0.473 e. The monoisotopic (exact) mass is 736 g/mol. The van der Waals surface area contributed by atoms with E-state index in [0.29, 0.717) is 0 Å². The third-order valence-corrected chi connectivity index (χ3v) is 7.31. The number of aliphatic carboxylic acids is 4. The summed E-state index contributed by atoms with van der Waals surface area (Å²) >= 11 is 0. The fourth-order valence-corrected chi connectivity index (χ4v) is 4.75. The summed E-state index contributed by atoms with van der Waals surface area (Å²) in [5.74, 6) is -7.30. The number of carbonyl (C=O) groups is 4. The van der Waals surface area contributed by atoms with Gasteiger partial charge >= 0.3 is 23.9 Å². The molecule has 19 heteroatoms. The zero-order valence-electron chi connectivity index (χ0n) is 29.7. The maximum Gasteiger partial charge on any atom is 0.414 e. The molecule has 0 spiro atoms. The Hall–Kier alpha value is -6.44. The van der Waals surface area contributed by atoms with Crippen molar-refractivity contribution in [1.82, 2.24) is 49.3 Å². The van der Waals surface area contributed by atoms with Gasteiger partial charge in [0.2, 0.25) is 0 Å². The molecule has 284 valence electrons. The Bertz CT molecular complexity index is 1870. The van der Waals surface area contributed by atoms with Crippen LogP contribution in [0.5, 0.6) is 0 Å². The number of rotatable bonds is 10. The predicted octanol–water partition coefficient (Wildman–Crippen LogP) is 1.31. The molecule has 0 bridgehead atoms. The van der Waals surface area contributed by atoms with Crippen LogP contribution in [-0.4, -0.2) is 140 Å². The van der Waals surface area contributed by atoms with Gasteiger partial charge in [0.05, 0.1) is 13.1 Å². The summed E-state index contributed by atoms with van der Waals surface area (Å²) in [5.41, 5.74) is 7.62. The number of nitrogens with one attached hydrogen (secondary N) is 2. The van der Waals surface area contributed by atoms with Crippen LogP contribution in [0.1, 0.15) is 22.3 Å². The fraction of sp³-hybridized carbons (Fsp3) is 0.294. The standard InChI is InChI=1S/2C15H19N5.2C2H2O4.H2O/c2*1-19(2)6-5-13-8-17-15-4-3-12(7-14(13)15)9-20-11-16-10-18-20;2*3-1(4)2(5)6;/h2*3-4,7-8,10-11,17H,5-6,9H2,1-2H3;2*(H,3,4)(H,5,6);1H2. The quantitative estimate of drug-likeness (QED) is 0.108. The Balaban J connectivity index is 0.000000278. The molecule has 6 aromatic rings. The molecule has 19 nitrogen and oxygen atoms in total. The first kappa shape index (κ1) is 42.7. The zero-order valence-corrected chi connectivity index (χ0v) is 29.7. The van der Waals surface area contributed by atoms with E-state index in [-0.39, 0.29) is 5.48 Å². The number of hydrogen-bond acceptors (Lipinski definition) is 10. The molecule has 53 heavy (non-hydrogen) atoms. The van der Waals surface area contributed by atoms with Crippen LogP contribution in [0.25, 0.3) is 21.8 Å². The number of nitrogens with zero attached hydrogens (tertiary/aromatic N) is 8. The van der Waals surface area contributed by atoms with Gasteiger partial charge in [0.15, 0.2) is 0 Å². The van der Waals surface area contributed by atoms with E-state index in [2.05, 4.69) is 117 Å². The first-order chi connectivity index (χ1) is 24.7. The SMILES string of the molecule is CN(C)CCc1c[nH]c2ccc(Cn3cncn3)cc12.CN(C)CCc1c[nH]c2ccc(Cn3cncn3)cc12.O.O=C(O)C(=O)O.O=C(O)C(=O)O. The van der Waals surface area contributed by atoms with E-state index in [0.717, 1.165) is 39.0 Å². The molecule has 4 aromatic heterocycles. The topological polar surface area (TPSA) is 280 Å². The number of fused-ring (bicyclic) bond motifs is 2. The highest BCUT2D eigenvalue weighted by molar-refractivity contribution is 6.27. The fourth-order valence-electron chi connectivity index (χ4n) is 4.75. The van der Waals surface area contributed by atoms with Gasteiger partial charge < -0.3 is 45.7 Å². The van der Waals surface area contributed by atoms with Crippen molar-refractivity contribution in [3.05, 3.63) is 96.4 Å². The highest BCUT2D eigenvalue weighted by atomic mass is 16.4. The summed E-state index contributed by atoms with van der Waals surface area (Å²) in [4.78, 5) is 55.5. The molecule has 0 atom stereocenters. The van der Waals surface area contributed by atoms with E-state index < -0.39 is 23.9 Å². The van der Waals surface area contributed by atoms with E-state index in [4.69, 9.17) is 39.6 Å². The molecular formula is C34H44N10O9. The van der Waals surface area contributed by atoms with E-state index in [1.807, 2.05) is 9.36 Å². The lowest BCUT2D eigenvalue weighted by Gasteiger charge is -2.08.